The van der Waals surface area contributed by atoms with E-state index in [1.54, 1.807) is 30.3 Å². The van der Waals surface area contributed by atoms with Gasteiger partial charge in [-0.15, -0.1) is 0 Å². The number of nitrogens with one attached hydrogen (secondary N) is 1. The predicted octanol–water partition coefficient (Wildman–Crippen LogP) is 4.93. The van der Waals surface area contributed by atoms with Gasteiger partial charge in [0.1, 0.15) is 11.5 Å². The molecule has 1 aliphatic rings. The number of carbonyl (C=O) groups excluding carboxylic acids is 1. The van der Waals surface area contributed by atoms with Crippen molar-refractivity contribution >= 4 is 46.6 Å². The molecule has 29 heavy (non-hydrogen) atoms. The van der Waals surface area contributed by atoms with Crippen LogP contribution in [0.4, 0.5) is 10.1 Å². The van der Waals surface area contributed by atoms with Crippen LogP contribution in [0.2, 0.25) is 5.02 Å². The van der Waals surface area contributed by atoms with E-state index < -0.39 is 11.7 Å². The summed E-state index contributed by atoms with van der Waals surface area (Å²) in [5.41, 5.74) is 0.921. The van der Waals surface area contributed by atoms with E-state index in [-0.39, 0.29) is 16.5 Å². The van der Waals surface area contributed by atoms with Crippen molar-refractivity contribution in [2.24, 2.45) is 0 Å². The first kappa shape index (κ1) is 21.1. The number of carbonyl (C=O) groups is 1. The molecule has 2 aromatic rings. The molecule has 0 aliphatic carbocycles. The molecule has 0 atom stereocenters. The monoisotopic (exact) mass is 434 g/mol. The van der Waals surface area contributed by atoms with Crippen LogP contribution in [-0.2, 0) is 4.79 Å². The number of benzene rings is 2. The molecule has 8 heteroatoms. The smallest absolute Gasteiger partial charge is 0.281 e. The highest BCUT2D eigenvalue weighted by atomic mass is 35.5. The summed E-state index contributed by atoms with van der Waals surface area (Å²) in [6.45, 7) is 4.79. The van der Waals surface area contributed by atoms with E-state index in [2.05, 4.69) is 5.32 Å². The van der Waals surface area contributed by atoms with Crippen LogP contribution in [-0.4, -0.2) is 24.2 Å². The van der Waals surface area contributed by atoms with Crippen LogP contribution in [0.25, 0.3) is 6.08 Å². The standard InChI is InChI=1S/C21H20ClFN2O3S/c1-3-9-28-19-14(22)10-13(12-18(19)27-4-2)11-16-20(26)25(21(29)24-16)17-8-6-5-7-15(17)23/h5-8,10-12H,3-4,9H2,1-2H3,(H,24,29)/b16-11-. The first-order chi connectivity index (χ1) is 14.0. The summed E-state index contributed by atoms with van der Waals surface area (Å²) >= 11 is 11.6. The first-order valence-electron chi connectivity index (χ1n) is 9.17. The lowest BCUT2D eigenvalue weighted by molar-refractivity contribution is -0.113. The molecule has 3 rings (SSSR count). The molecular weight excluding hydrogens is 415 g/mol. The molecule has 5 nitrogen and oxygen atoms in total. The Bertz CT molecular complexity index is 980. The molecule has 1 saturated heterocycles. The zero-order valence-electron chi connectivity index (χ0n) is 16.0. The van der Waals surface area contributed by atoms with Gasteiger partial charge in [0.05, 0.1) is 23.9 Å². The van der Waals surface area contributed by atoms with E-state index in [0.717, 1.165) is 11.3 Å². The summed E-state index contributed by atoms with van der Waals surface area (Å²) in [5.74, 6) is -0.0446. The van der Waals surface area contributed by atoms with E-state index in [1.165, 1.54) is 12.1 Å². The molecule has 0 spiro atoms. The van der Waals surface area contributed by atoms with E-state index >= 15 is 0 Å². The van der Waals surface area contributed by atoms with Crippen molar-refractivity contribution in [1.29, 1.82) is 0 Å². The Morgan fingerprint density at radius 3 is 2.69 bits per heavy atom. The van der Waals surface area contributed by atoms with Gasteiger partial charge in [-0.25, -0.2) is 9.29 Å². The zero-order chi connectivity index (χ0) is 21.0. The van der Waals surface area contributed by atoms with Gasteiger partial charge in [-0.1, -0.05) is 30.7 Å². The minimum atomic E-state index is -0.537. The fourth-order valence-corrected chi connectivity index (χ4v) is 3.40. The molecule has 2 aromatic carbocycles. The number of nitrogens with zero attached hydrogens (tertiary/aromatic N) is 1. The van der Waals surface area contributed by atoms with Crippen LogP contribution in [0.15, 0.2) is 42.1 Å². The average Bonchev–Trinajstić information content (AvgIpc) is 2.95. The zero-order valence-corrected chi connectivity index (χ0v) is 17.6. The third-order valence-electron chi connectivity index (χ3n) is 4.06. The van der Waals surface area contributed by atoms with E-state index in [4.69, 9.17) is 33.3 Å². The molecule has 1 N–H and O–H groups in total. The molecule has 1 aliphatic heterocycles. The molecule has 1 amide bonds. The molecule has 0 radical (unpaired) electrons. The van der Waals surface area contributed by atoms with E-state index in [9.17, 15) is 9.18 Å². The second kappa shape index (κ2) is 9.24. The summed E-state index contributed by atoms with van der Waals surface area (Å²) in [7, 11) is 0. The van der Waals surface area contributed by atoms with Gasteiger partial charge in [0.15, 0.2) is 16.6 Å². The van der Waals surface area contributed by atoms with E-state index in [1.807, 2.05) is 13.8 Å². The Kier molecular flexibility index (Phi) is 6.71. The summed E-state index contributed by atoms with van der Waals surface area (Å²) in [6.07, 6.45) is 2.42. The third-order valence-corrected chi connectivity index (χ3v) is 4.63. The van der Waals surface area contributed by atoms with Crippen molar-refractivity contribution < 1.29 is 18.7 Å². The van der Waals surface area contributed by atoms with Crippen molar-refractivity contribution in [2.75, 3.05) is 18.1 Å². The predicted molar refractivity (Wildman–Crippen MR) is 116 cm³/mol. The molecule has 0 bridgehead atoms. The van der Waals surface area contributed by atoms with Crippen LogP contribution in [0.5, 0.6) is 11.5 Å². The summed E-state index contributed by atoms with van der Waals surface area (Å²) in [6, 6.07) is 9.36. The topological polar surface area (TPSA) is 50.8 Å². The van der Waals surface area contributed by atoms with Gasteiger partial charge < -0.3 is 14.8 Å². The van der Waals surface area contributed by atoms with Crippen LogP contribution in [0.3, 0.4) is 0 Å². The van der Waals surface area contributed by atoms with Crippen LogP contribution in [0.1, 0.15) is 25.8 Å². The normalized spacial score (nSPS) is 15.0. The molecule has 152 valence electrons. The number of rotatable bonds is 7. The van der Waals surface area contributed by atoms with Crippen molar-refractivity contribution in [3.05, 3.63) is 58.5 Å². The van der Waals surface area contributed by atoms with Crippen molar-refractivity contribution in [3.63, 3.8) is 0 Å². The van der Waals surface area contributed by atoms with Gasteiger partial charge >= 0.3 is 0 Å². The van der Waals surface area contributed by atoms with Gasteiger partial charge in [0.2, 0.25) is 0 Å². The summed E-state index contributed by atoms with van der Waals surface area (Å²) in [5, 5.41) is 3.31. The number of thiocarbonyl (C=S) groups is 1. The number of amides is 1. The maximum atomic E-state index is 14.1. The lowest BCUT2D eigenvalue weighted by Crippen LogP contribution is -2.31. The maximum Gasteiger partial charge on any atom is 0.281 e. The number of hydrogen-bond acceptors (Lipinski definition) is 4. The van der Waals surface area contributed by atoms with Gasteiger partial charge in [-0.3, -0.25) is 4.79 Å². The Labute approximate surface area is 179 Å². The molecule has 1 heterocycles. The van der Waals surface area contributed by atoms with Gasteiger partial charge in [-0.2, -0.15) is 0 Å². The van der Waals surface area contributed by atoms with Crippen LogP contribution < -0.4 is 19.7 Å². The second-order valence-electron chi connectivity index (χ2n) is 6.19. The quantitative estimate of drug-likeness (QED) is 0.494. The van der Waals surface area contributed by atoms with Crippen molar-refractivity contribution in [2.45, 2.75) is 20.3 Å². The summed E-state index contributed by atoms with van der Waals surface area (Å²) in [4.78, 5) is 14.0. The lowest BCUT2D eigenvalue weighted by Gasteiger charge is -2.14. The fourth-order valence-electron chi connectivity index (χ4n) is 2.83. The Morgan fingerprint density at radius 2 is 2.00 bits per heavy atom. The highest BCUT2D eigenvalue weighted by Gasteiger charge is 2.33. The maximum absolute atomic E-state index is 14.1. The van der Waals surface area contributed by atoms with Crippen molar-refractivity contribution in [3.8, 4) is 11.5 Å². The number of anilines is 1. The summed E-state index contributed by atoms with van der Waals surface area (Å²) < 4.78 is 25.5. The largest absolute Gasteiger partial charge is 0.490 e. The third kappa shape index (κ3) is 4.52. The van der Waals surface area contributed by atoms with Gasteiger partial charge in [0.25, 0.3) is 5.91 Å². The van der Waals surface area contributed by atoms with Crippen LogP contribution in [0, 0.1) is 5.82 Å². The SMILES string of the molecule is CCCOc1c(Cl)cc(/C=C2\NC(=S)N(c3ccccc3F)C2=O)cc1OCC. The molecular formula is C21H20ClFN2O3S. The fraction of sp³-hybridized carbons (Fsp3) is 0.238. The first-order valence-corrected chi connectivity index (χ1v) is 9.95. The van der Waals surface area contributed by atoms with Crippen molar-refractivity contribution in [1.82, 2.24) is 5.32 Å². The molecule has 0 unspecified atom stereocenters. The second-order valence-corrected chi connectivity index (χ2v) is 6.99. The minimum Gasteiger partial charge on any atom is -0.490 e. The Morgan fingerprint density at radius 1 is 1.24 bits per heavy atom. The molecule has 1 fully saturated rings. The Balaban J connectivity index is 1.95. The number of ether oxygens (including phenoxy) is 2. The van der Waals surface area contributed by atoms with E-state index in [0.29, 0.717) is 35.3 Å². The number of halogens is 2. The number of hydrogen-bond donors (Lipinski definition) is 1. The van der Waals surface area contributed by atoms with Gasteiger partial charge in [0, 0.05) is 0 Å². The molecule has 0 aromatic heterocycles. The van der Waals surface area contributed by atoms with Crippen LogP contribution >= 0.6 is 23.8 Å². The average molecular weight is 435 g/mol. The molecule has 0 saturated carbocycles. The lowest BCUT2D eigenvalue weighted by atomic mass is 10.1. The number of para-hydroxylation sites is 1. The Hall–Kier alpha value is -2.64. The minimum absolute atomic E-state index is 0.0924. The highest BCUT2D eigenvalue weighted by molar-refractivity contribution is 7.80. The highest BCUT2D eigenvalue weighted by Crippen LogP contribution is 2.37. The van der Waals surface area contributed by atoms with Gasteiger partial charge in [-0.05, 0) is 61.5 Å².